The minimum absolute atomic E-state index is 0.0503. The molecule has 1 fully saturated rings. The van der Waals surface area contributed by atoms with Crippen molar-refractivity contribution in [1.29, 1.82) is 0 Å². The maximum Gasteiger partial charge on any atom is 0.270 e. The molecule has 0 aromatic heterocycles. The second-order valence-electron chi connectivity index (χ2n) is 5.63. The van der Waals surface area contributed by atoms with Crippen molar-refractivity contribution in [3.05, 3.63) is 57.8 Å². The molecule has 0 unspecified atom stereocenters. The van der Waals surface area contributed by atoms with E-state index in [0.29, 0.717) is 16.4 Å². The first kappa shape index (κ1) is 17.4. The van der Waals surface area contributed by atoms with Gasteiger partial charge in [-0.2, -0.15) is 4.74 Å². The average molecular weight is 351 g/mol. The largest absolute Gasteiger partial charge is 0.622 e. The fourth-order valence-corrected chi connectivity index (χ4v) is 4.40. The Bertz CT molecular complexity index is 688. The molecule has 1 aliphatic rings. The molecule has 2 rings (SSSR count). The van der Waals surface area contributed by atoms with E-state index in [9.17, 15) is 15.3 Å². The summed E-state index contributed by atoms with van der Waals surface area (Å²) in [5, 5.41) is 23.5. The summed E-state index contributed by atoms with van der Waals surface area (Å²) >= 11 is 6.81. The second kappa shape index (κ2) is 6.67. The third kappa shape index (κ3) is 3.70. The van der Waals surface area contributed by atoms with E-state index in [1.54, 1.807) is 18.2 Å². The molecule has 1 aromatic rings. The van der Waals surface area contributed by atoms with Gasteiger partial charge in [-0.3, -0.25) is 15.0 Å². The summed E-state index contributed by atoms with van der Waals surface area (Å²) in [6.45, 7) is 8.07. The smallest absolute Gasteiger partial charge is 0.270 e. The van der Waals surface area contributed by atoms with Gasteiger partial charge in [0.05, 0.1) is 4.92 Å². The highest BCUT2D eigenvalue weighted by molar-refractivity contribution is 8.24. The summed E-state index contributed by atoms with van der Waals surface area (Å²) in [7, 11) is 0. The number of thiocarbonyl (C=S) groups is 1. The molecule has 1 saturated heterocycles. The van der Waals surface area contributed by atoms with Crippen LogP contribution in [0.3, 0.4) is 0 Å². The lowest BCUT2D eigenvalue weighted by molar-refractivity contribution is -0.523. The summed E-state index contributed by atoms with van der Waals surface area (Å²) < 4.78 is 1.06. The van der Waals surface area contributed by atoms with Gasteiger partial charge in [-0.25, -0.2) is 0 Å². The molecule has 23 heavy (non-hydrogen) atoms. The number of hydrogen-bond acceptors (Lipinski definition) is 5. The van der Waals surface area contributed by atoms with E-state index < -0.39 is 15.8 Å². The Morgan fingerprint density at radius 1 is 1.48 bits per heavy atom. The topological polar surface area (TPSA) is 72.5 Å². The van der Waals surface area contributed by atoms with Gasteiger partial charge in [0.25, 0.3) is 11.9 Å². The van der Waals surface area contributed by atoms with Gasteiger partial charge in [0.15, 0.2) is 6.21 Å². The zero-order chi connectivity index (χ0) is 17.2. The summed E-state index contributed by atoms with van der Waals surface area (Å²) in [6.07, 6.45) is 2.56. The van der Waals surface area contributed by atoms with E-state index >= 15 is 0 Å². The number of nitro benzene ring substituents is 1. The highest BCUT2D eigenvalue weighted by Gasteiger charge is 2.49. The number of hydrogen-bond donors (Lipinski definition) is 0. The molecule has 1 aliphatic heterocycles. The SMILES string of the molecule is C=CCN1C(=S)SC(C)(C)[C@@H]1/[N+]([O-])=C/c1cccc([N+](=O)[O-])c1. The van der Waals surface area contributed by atoms with Crippen molar-refractivity contribution >= 4 is 40.2 Å². The summed E-state index contributed by atoms with van der Waals surface area (Å²) in [4.78, 5) is 12.2. The van der Waals surface area contributed by atoms with Gasteiger partial charge in [0, 0.05) is 24.2 Å². The summed E-state index contributed by atoms with van der Waals surface area (Å²) in [5.74, 6) is 0. The predicted molar refractivity (Wildman–Crippen MR) is 96.8 cm³/mol. The van der Waals surface area contributed by atoms with Crippen LogP contribution in [-0.2, 0) is 0 Å². The van der Waals surface area contributed by atoms with E-state index in [4.69, 9.17) is 12.2 Å². The highest BCUT2D eigenvalue weighted by Crippen LogP contribution is 2.41. The number of nitrogens with zero attached hydrogens (tertiary/aromatic N) is 3. The van der Waals surface area contributed by atoms with Crippen molar-refractivity contribution < 1.29 is 9.66 Å². The first-order valence-electron chi connectivity index (χ1n) is 6.91. The van der Waals surface area contributed by atoms with Crippen molar-refractivity contribution in [1.82, 2.24) is 4.90 Å². The van der Waals surface area contributed by atoms with Crippen LogP contribution in [0.15, 0.2) is 36.9 Å². The number of rotatable bonds is 5. The van der Waals surface area contributed by atoms with Crippen LogP contribution in [0.5, 0.6) is 0 Å². The van der Waals surface area contributed by atoms with E-state index in [-0.39, 0.29) is 5.69 Å². The van der Waals surface area contributed by atoms with Crippen LogP contribution in [-0.4, -0.2) is 42.6 Å². The second-order valence-corrected chi connectivity index (χ2v) is 7.92. The number of thioether (sulfide) groups is 1. The molecule has 122 valence electrons. The number of non-ortho nitro benzene ring substituents is 1. The van der Waals surface area contributed by atoms with Crippen molar-refractivity contribution in [3.8, 4) is 0 Å². The fraction of sp³-hybridized carbons (Fsp3) is 0.333. The molecule has 1 heterocycles. The van der Waals surface area contributed by atoms with Crippen molar-refractivity contribution in [2.45, 2.75) is 24.8 Å². The van der Waals surface area contributed by atoms with Crippen molar-refractivity contribution in [2.75, 3.05) is 6.54 Å². The van der Waals surface area contributed by atoms with Crippen LogP contribution in [0.4, 0.5) is 5.69 Å². The summed E-state index contributed by atoms with van der Waals surface area (Å²) in [5.41, 5.74) is 0.428. The van der Waals surface area contributed by atoms with Crippen LogP contribution in [0.1, 0.15) is 19.4 Å². The average Bonchev–Trinajstić information content (AvgIpc) is 2.68. The molecule has 1 atom stereocenters. The molecule has 0 saturated carbocycles. The normalized spacial score (nSPS) is 20.6. The van der Waals surface area contributed by atoms with Crippen LogP contribution in [0.2, 0.25) is 0 Å². The lowest BCUT2D eigenvalue weighted by Gasteiger charge is -2.29. The van der Waals surface area contributed by atoms with Gasteiger partial charge in [-0.15, -0.1) is 6.58 Å². The van der Waals surface area contributed by atoms with Gasteiger partial charge in [-0.05, 0) is 19.9 Å². The van der Waals surface area contributed by atoms with E-state index in [1.807, 2.05) is 18.7 Å². The molecular weight excluding hydrogens is 334 g/mol. The zero-order valence-corrected chi connectivity index (χ0v) is 14.5. The standard InChI is InChI=1S/C15H17N3O3S2/c1-4-8-16-13(15(2,3)23-14(16)22)17(19)10-11-6-5-7-12(9-11)18(20)21/h4-7,9-10,13H,1,8H2,2-3H3/b17-10-/t13-/m0/s1. The minimum Gasteiger partial charge on any atom is -0.622 e. The number of nitro groups is 1. The lowest BCUT2D eigenvalue weighted by atomic mass is 10.1. The Hall–Kier alpha value is -1.93. The molecule has 0 bridgehead atoms. The van der Waals surface area contributed by atoms with Crippen LogP contribution in [0, 0.1) is 15.3 Å². The van der Waals surface area contributed by atoms with Crippen molar-refractivity contribution in [2.24, 2.45) is 0 Å². The zero-order valence-electron chi connectivity index (χ0n) is 12.8. The first-order valence-corrected chi connectivity index (χ1v) is 8.14. The number of benzene rings is 1. The Morgan fingerprint density at radius 2 is 2.17 bits per heavy atom. The Balaban J connectivity index is 2.38. The molecule has 0 N–H and O–H groups in total. The van der Waals surface area contributed by atoms with Crippen LogP contribution in [0.25, 0.3) is 0 Å². The molecule has 8 heteroatoms. The molecular formula is C15H17N3O3S2. The van der Waals surface area contributed by atoms with E-state index in [0.717, 1.165) is 4.74 Å². The quantitative estimate of drug-likeness (QED) is 0.154. The Morgan fingerprint density at radius 3 is 2.78 bits per heavy atom. The van der Waals surface area contributed by atoms with E-state index in [2.05, 4.69) is 6.58 Å². The molecule has 0 amide bonds. The molecule has 6 nitrogen and oxygen atoms in total. The van der Waals surface area contributed by atoms with Crippen LogP contribution >= 0.6 is 24.0 Å². The molecule has 1 aromatic carbocycles. The van der Waals surface area contributed by atoms with Crippen LogP contribution < -0.4 is 0 Å². The van der Waals surface area contributed by atoms with Crippen molar-refractivity contribution in [3.63, 3.8) is 0 Å². The monoisotopic (exact) mass is 351 g/mol. The fourth-order valence-electron chi connectivity index (χ4n) is 2.50. The molecule has 0 radical (unpaired) electrons. The summed E-state index contributed by atoms with van der Waals surface area (Å²) in [6, 6.07) is 5.97. The third-order valence-corrected chi connectivity index (χ3v) is 5.06. The third-order valence-electron chi connectivity index (χ3n) is 3.43. The lowest BCUT2D eigenvalue weighted by Crippen LogP contribution is -2.47. The highest BCUT2D eigenvalue weighted by atomic mass is 32.2. The minimum atomic E-state index is -0.503. The number of hydroxylamine groups is 1. The maximum atomic E-state index is 12.7. The van der Waals surface area contributed by atoms with Gasteiger partial charge in [-0.1, -0.05) is 36.1 Å². The van der Waals surface area contributed by atoms with Gasteiger partial charge in [0.2, 0.25) is 0 Å². The van der Waals surface area contributed by atoms with Gasteiger partial charge < -0.3 is 5.21 Å². The van der Waals surface area contributed by atoms with Gasteiger partial charge in [0.1, 0.15) is 9.07 Å². The predicted octanol–water partition coefficient (Wildman–Crippen LogP) is 3.15. The Kier molecular flexibility index (Phi) is 5.06. The van der Waals surface area contributed by atoms with Gasteiger partial charge >= 0.3 is 0 Å². The molecule has 0 spiro atoms. The van der Waals surface area contributed by atoms with E-state index in [1.165, 1.54) is 30.1 Å². The Labute approximate surface area is 144 Å². The molecule has 0 aliphatic carbocycles. The maximum absolute atomic E-state index is 12.7. The first-order chi connectivity index (χ1) is 10.8.